The van der Waals surface area contributed by atoms with Crippen molar-refractivity contribution in [2.75, 3.05) is 0 Å². The molecule has 0 saturated heterocycles. The van der Waals surface area contributed by atoms with Gasteiger partial charge >= 0.3 is 0 Å². The molecule has 15 heavy (non-hydrogen) atoms. The largest absolute Gasteiger partial charge is 0.390 e. The molecule has 0 spiro atoms. The number of nitrogens with one attached hydrogen (secondary N) is 1. The van der Waals surface area contributed by atoms with Crippen LogP contribution in [-0.2, 0) is 13.0 Å². The van der Waals surface area contributed by atoms with Gasteiger partial charge in [0.2, 0.25) is 0 Å². The van der Waals surface area contributed by atoms with Crippen molar-refractivity contribution < 1.29 is 5.11 Å². The molecule has 0 bridgehead atoms. The number of hydrogen-bond acceptors (Lipinski definition) is 3. The zero-order valence-electron chi connectivity index (χ0n) is 8.57. The molecule has 0 radical (unpaired) electrons. The van der Waals surface area contributed by atoms with Crippen molar-refractivity contribution >= 4 is 0 Å². The molecule has 0 amide bonds. The molecule has 0 aromatic carbocycles. The topological polar surface area (TPSA) is 61.8 Å². The van der Waals surface area contributed by atoms with Crippen LogP contribution in [0.25, 0.3) is 11.4 Å². The van der Waals surface area contributed by atoms with Gasteiger partial charge in [0, 0.05) is 18.0 Å². The first-order chi connectivity index (χ1) is 7.35. The number of aromatic amines is 1. The summed E-state index contributed by atoms with van der Waals surface area (Å²) in [6, 6.07) is 1.93. The summed E-state index contributed by atoms with van der Waals surface area (Å²) in [6.07, 6.45) is 6.15. The van der Waals surface area contributed by atoms with E-state index in [-0.39, 0.29) is 6.61 Å². The molecule has 0 aliphatic rings. The fourth-order valence-electron chi connectivity index (χ4n) is 1.52. The Bertz CT molecular complexity index is 451. The first-order valence-electron chi connectivity index (χ1n) is 4.93. The minimum Gasteiger partial charge on any atom is -0.390 e. The third-order valence-corrected chi connectivity index (χ3v) is 2.34. The van der Waals surface area contributed by atoms with Crippen molar-refractivity contribution in [3.8, 4) is 11.4 Å². The fraction of sp³-hybridized carbons (Fsp3) is 0.273. The second-order valence-electron chi connectivity index (χ2n) is 3.30. The van der Waals surface area contributed by atoms with Crippen LogP contribution in [0.2, 0.25) is 0 Å². The zero-order valence-corrected chi connectivity index (χ0v) is 8.57. The molecule has 0 unspecified atom stereocenters. The molecule has 0 aliphatic carbocycles. The molecular formula is C11H13N3O. The molecular weight excluding hydrogens is 190 g/mol. The van der Waals surface area contributed by atoms with Crippen molar-refractivity contribution in [1.82, 2.24) is 15.0 Å². The molecule has 4 heteroatoms. The zero-order chi connectivity index (χ0) is 10.7. The number of H-pyrrole nitrogens is 1. The number of pyridine rings is 1. The standard InChI is InChI=1S/C11H13N3O/c1-2-8-5-12-4-3-10(8)11-13-6-9(7-15)14-11/h3-6,15H,2,7H2,1H3,(H,13,14). The Morgan fingerprint density at radius 3 is 2.93 bits per heavy atom. The third kappa shape index (κ3) is 1.89. The van der Waals surface area contributed by atoms with Crippen LogP contribution < -0.4 is 0 Å². The van der Waals surface area contributed by atoms with Gasteiger partial charge in [-0.15, -0.1) is 0 Å². The summed E-state index contributed by atoms with van der Waals surface area (Å²) in [6.45, 7) is 2.07. The summed E-state index contributed by atoms with van der Waals surface area (Å²) in [5.74, 6) is 0.790. The van der Waals surface area contributed by atoms with E-state index < -0.39 is 0 Å². The minimum absolute atomic E-state index is 0.0143. The highest BCUT2D eigenvalue weighted by atomic mass is 16.3. The van der Waals surface area contributed by atoms with E-state index in [9.17, 15) is 0 Å². The van der Waals surface area contributed by atoms with Gasteiger partial charge in [0.15, 0.2) is 0 Å². The monoisotopic (exact) mass is 203 g/mol. The number of aliphatic hydroxyl groups excluding tert-OH is 1. The number of aromatic nitrogens is 3. The second kappa shape index (κ2) is 4.23. The van der Waals surface area contributed by atoms with Gasteiger partial charge in [-0.2, -0.15) is 0 Å². The lowest BCUT2D eigenvalue weighted by molar-refractivity contribution is 0.277. The van der Waals surface area contributed by atoms with Gasteiger partial charge in [-0.3, -0.25) is 4.98 Å². The van der Waals surface area contributed by atoms with Gasteiger partial charge < -0.3 is 10.1 Å². The minimum atomic E-state index is -0.0143. The highest BCUT2D eigenvalue weighted by molar-refractivity contribution is 5.59. The highest BCUT2D eigenvalue weighted by Crippen LogP contribution is 2.20. The van der Waals surface area contributed by atoms with Crippen LogP contribution in [0.5, 0.6) is 0 Å². The van der Waals surface area contributed by atoms with E-state index in [4.69, 9.17) is 5.11 Å². The molecule has 2 aromatic heterocycles. The normalized spacial score (nSPS) is 10.5. The van der Waals surface area contributed by atoms with Crippen LogP contribution in [-0.4, -0.2) is 20.1 Å². The third-order valence-electron chi connectivity index (χ3n) is 2.34. The molecule has 78 valence electrons. The molecule has 0 saturated carbocycles. The first-order valence-corrected chi connectivity index (χ1v) is 4.93. The predicted molar refractivity (Wildman–Crippen MR) is 57.1 cm³/mol. The van der Waals surface area contributed by atoms with Crippen molar-refractivity contribution in [3.63, 3.8) is 0 Å². The Balaban J connectivity index is 2.44. The van der Waals surface area contributed by atoms with E-state index in [1.54, 1.807) is 12.4 Å². The lowest BCUT2D eigenvalue weighted by Crippen LogP contribution is -1.91. The number of nitrogens with zero attached hydrogens (tertiary/aromatic N) is 2. The summed E-state index contributed by atoms with van der Waals surface area (Å²) in [4.78, 5) is 11.4. The fourth-order valence-corrected chi connectivity index (χ4v) is 1.52. The summed E-state index contributed by atoms with van der Waals surface area (Å²) in [7, 11) is 0. The second-order valence-corrected chi connectivity index (χ2v) is 3.30. The number of hydrogen-bond donors (Lipinski definition) is 2. The van der Waals surface area contributed by atoms with E-state index in [2.05, 4.69) is 21.9 Å². The molecule has 0 atom stereocenters. The van der Waals surface area contributed by atoms with Crippen molar-refractivity contribution in [2.45, 2.75) is 20.0 Å². The summed E-state index contributed by atoms with van der Waals surface area (Å²) >= 11 is 0. The lowest BCUT2D eigenvalue weighted by Gasteiger charge is -2.03. The number of aryl methyl sites for hydroxylation is 1. The average molecular weight is 203 g/mol. The SMILES string of the molecule is CCc1cnccc1-c1ncc(CO)[nH]1. The van der Waals surface area contributed by atoms with Crippen LogP contribution in [0.15, 0.2) is 24.7 Å². The Labute approximate surface area is 88.0 Å². The number of rotatable bonds is 3. The van der Waals surface area contributed by atoms with Gasteiger partial charge in [-0.1, -0.05) is 6.92 Å². The Hall–Kier alpha value is -1.68. The van der Waals surface area contributed by atoms with E-state index in [1.807, 2.05) is 12.3 Å². The molecule has 0 aliphatic heterocycles. The predicted octanol–water partition coefficient (Wildman–Crippen LogP) is 1.53. The van der Waals surface area contributed by atoms with Gasteiger partial charge in [0.05, 0.1) is 18.5 Å². The van der Waals surface area contributed by atoms with Crippen molar-refractivity contribution in [2.24, 2.45) is 0 Å². The molecule has 2 heterocycles. The molecule has 4 nitrogen and oxygen atoms in total. The summed E-state index contributed by atoms with van der Waals surface area (Å²) < 4.78 is 0. The average Bonchev–Trinajstić information content (AvgIpc) is 2.77. The van der Waals surface area contributed by atoms with Crippen molar-refractivity contribution in [1.29, 1.82) is 0 Å². The molecule has 2 N–H and O–H groups in total. The number of aliphatic hydroxyl groups is 1. The Morgan fingerprint density at radius 1 is 1.40 bits per heavy atom. The Morgan fingerprint density at radius 2 is 2.27 bits per heavy atom. The number of imidazole rings is 1. The van der Waals surface area contributed by atoms with E-state index in [0.717, 1.165) is 29.1 Å². The highest BCUT2D eigenvalue weighted by Gasteiger charge is 2.06. The summed E-state index contributed by atoms with van der Waals surface area (Å²) in [5, 5.41) is 8.94. The van der Waals surface area contributed by atoms with Crippen LogP contribution in [0.4, 0.5) is 0 Å². The molecule has 2 rings (SSSR count). The van der Waals surface area contributed by atoms with E-state index >= 15 is 0 Å². The van der Waals surface area contributed by atoms with E-state index in [0.29, 0.717) is 0 Å². The smallest absolute Gasteiger partial charge is 0.137 e. The lowest BCUT2D eigenvalue weighted by atomic mass is 10.1. The van der Waals surface area contributed by atoms with Gasteiger partial charge in [0.25, 0.3) is 0 Å². The quantitative estimate of drug-likeness (QED) is 0.795. The maximum Gasteiger partial charge on any atom is 0.137 e. The maximum absolute atomic E-state index is 8.94. The van der Waals surface area contributed by atoms with Crippen molar-refractivity contribution in [3.05, 3.63) is 35.9 Å². The van der Waals surface area contributed by atoms with Gasteiger partial charge in [-0.25, -0.2) is 4.98 Å². The first kappa shape index (κ1) is 9.86. The van der Waals surface area contributed by atoms with Crippen LogP contribution in [0.1, 0.15) is 18.2 Å². The van der Waals surface area contributed by atoms with Crippen LogP contribution in [0, 0.1) is 0 Å². The van der Waals surface area contributed by atoms with Crippen LogP contribution in [0.3, 0.4) is 0 Å². The van der Waals surface area contributed by atoms with Crippen LogP contribution >= 0.6 is 0 Å². The molecule has 2 aromatic rings. The van der Waals surface area contributed by atoms with Gasteiger partial charge in [0.1, 0.15) is 5.82 Å². The van der Waals surface area contributed by atoms with Gasteiger partial charge in [-0.05, 0) is 18.1 Å². The van der Waals surface area contributed by atoms with E-state index in [1.165, 1.54) is 0 Å². The molecule has 0 fully saturated rings. The Kier molecular flexibility index (Phi) is 2.78. The maximum atomic E-state index is 8.94. The summed E-state index contributed by atoms with van der Waals surface area (Å²) in [5.41, 5.74) is 2.92.